The van der Waals surface area contributed by atoms with Crippen LogP contribution in [0.25, 0.3) is 0 Å². The van der Waals surface area contributed by atoms with Gasteiger partial charge in [0.25, 0.3) is 0 Å². The van der Waals surface area contributed by atoms with Crippen molar-refractivity contribution < 1.29 is 19.0 Å². The molecule has 0 unspecified atom stereocenters. The summed E-state index contributed by atoms with van der Waals surface area (Å²) in [6.45, 7) is 6.01. The molecule has 0 atom stereocenters. The lowest BCUT2D eigenvalue weighted by atomic mass is 10.2. The molecule has 22 heavy (non-hydrogen) atoms. The molecule has 1 aromatic rings. The number of morpholine rings is 1. The summed E-state index contributed by atoms with van der Waals surface area (Å²) >= 11 is 5.82. The molecule has 2 rings (SSSR count). The highest BCUT2D eigenvalue weighted by Gasteiger charge is 2.09. The van der Waals surface area contributed by atoms with Crippen molar-refractivity contribution in [2.75, 3.05) is 52.7 Å². The van der Waals surface area contributed by atoms with Crippen molar-refractivity contribution in [1.82, 2.24) is 4.90 Å². The van der Waals surface area contributed by atoms with Crippen LogP contribution in [0.5, 0.6) is 5.75 Å². The Kier molecular flexibility index (Phi) is 9.43. The molecule has 7 heteroatoms. The van der Waals surface area contributed by atoms with E-state index in [0.29, 0.717) is 36.2 Å². The summed E-state index contributed by atoms with van der Waals surface area (Å²) < 4.78 is 16.3. The predicted molar refractivity (Wildman–Crippen MR) is 87.7 cm³/mol. The second-order valence-electron chi connectivity index (χ2n) is 4.71. The lowest BCUT2D eigenvalue weighted by Crippen LogP contribution is -2.38. The minimum Gasteiger partial charge on any atom is -0.490 e. The van der Waals surface area contributed by atoms with E-state index < -0.39 is 0 Å². The second-order valence-corrected chi connectivity index (χ2v) is 5.15. The van der Waals surface area contributed by atoms with Crippen molar-refractivity contribution in [3.8, 4) is 5.75 Å². The van der Waals surface area contributed by atoms with Crippen molar-refractivity contribution in [3.05, 3.63) is 28.8 Å². The average Bonchev–Trinajstić information content (AvgIpc) is 2.52. The first-order chi connectivity index (χ1) is 10.3. The third-order valence-electron chi connectivity index (χ3n) is 3.24. The molecule has 0 aliphatic carbocycles. The second kappa shape index (κ2) is 10.8. The van der Waals surface area contributed by atoms with Crippen LogP contribution in [0.15, 0.2) is 18.2 Å². The fraction of sp³-hybridized carbons (Fsp3) is 0.533. The monoisotopic (exact) mass is 349 g/mol. The summed E-state index contributed by atoms with van der Waals surface area (Å²) in [5.74, 6) is 0.533. The molecular formula is C15H21Cl2NO4. The van der Waals surface area contributed by atoms with Crippen molar-refractivity contribution in [3.63, 3.8) is 0 Å². The molecule has 1 saturated heterocycles. The van der Waals surface area contributed by atoms with Gasteiger partial charge in [-0.25, -0.2) is 0 Å². The number of benzene rings is 1. The Bertz CT molecular complexity index is 453. The Morgan fingerprint density at radius 2 is 2.00 bits per heavy atom. The molecule has 0 radical (unpaired) electrons. The minimum absolute atomic E-state index is 0. The van der Waals surface area contributed by atoms with E-state index in [4.69, 9.17) is 25.8 Å². The number of carbonyl (C=O) groups excluding carboxylic acids is 1. The zero-order valence-electron chi connectivity index (χ0n) is 12.3. The maximum absolute atomic E-state index is 10.9. The molecule has 1 aliphatic heterocycles. The van der Waals surface area contributed by atoms with Crippen LogP contribution in [-0.2, 0) is 9.47 Å². The standard InChI is InChI=1S/C15H20ClNO4.ClH/c16-14-1-2-15(13(11-14)12-18)21-10-9-20-8-5-17-3-6-19-7-4-17;/h1-2,11-12H,3-10H2;1H. The van der Waals surface area contributed by atoms with Gasteiger partial charge >= 0.3 is 0 Å². The predicted octanol–water partition coefficient (Wildman–Crippen LogP) is 2.30. The van der Waals surface area contributed by atoms with Gasteiger partial charge in [-0.15, -0.1) is 12.4 Å². The first-order valence-electron chi connectivity index (χ1n) is 7.05. The number of rotatable bonds is 8. The van der Waals surface area contributed by atoms with Gasteiger partial charge < -0.3 is 14.2 Å². The van der Waals surface area contributed by atoms with Gasteiger partial charge in [0.05, 0.1) is 32.0 Å². The Hall–Kier alpha value is -0.850. The zero-order chi connectivity index (χ0) is 14.9. The highest BCUT2D eigenvalue weighted by molar-refractivity contribution is 6.30. The van der Waals surface area contributed by atoms with E-state index in [9.17, 15) is 4.79 Å². The molecule has 0 saturated carbocycles. The van der Waals surface area contributed by atoms with Crippen molar-refractivity contribution >= 4 is 30.3 Å². The maximum Gasteiger partial charge on any atom is 0.153 e. The van der Waals surface area contributed by atoms with Crippen molar-refractivity contribution in [2.24, 2.45) is 0 Å². The number of hydrogen-bond acceptors (Lipinski definition) is 5. The van der Waals surface area contributed by atoms with E-state index in [0.717, 1.165) is 39.1 Å². The fourth-order valence-corrected chi connectivity index (χ4v) is 2.25. The maximum atomic E-state index is 10.9. The zero-order valence-corrected chi connectivity index (χ0v) is 13.9. The quantitative estimate of drug-likeness (QED) is 0.532. The van der Waals surface area contributed by atoms with Crippen LogP contribution in [0.3, 0.4) is 0 Å². The van der Waals surface area contributed by atoms with Crippen LogP contribution in [0.1, 0.15) is 10.4 Å². The van der Waals surface area contributed by atoms with Crippen LogP contribution in [0.4, 0.5) is 0 Å². The average molecular weight is 350 g/mol. The highest BCUT2D eigenvalue weighted by atomic mass is 35.5. The summed E-state index contributed by atoms with van der Waals surface area (Å²) in [4.78, 5) is 13.2. The number of nitrogens with zero attached hydrogens (tertiary/aromatic N) is 1. The molecule has 1 fully saturated rings. The minimum atomic E-state index is 0. The van der Waals surface area contributed by atoms with Gasteiger partial charge in [-0.05, 0) is 18.2 Å². The topological polar surface area (TPSA) is 48.0 Å². The number of halogens is 2. The number of carbonyl (C=O) groups is 1. The lowest BCUT2D eigenvalue weighted by Gasteiger charge is -2.26. The van der Waals surface area contributed by atoms with Crippen LogP contribution in [0.2, 0.25) is 5.02 Å². The van der Waals surface area contributed by atoms with Gasteiger partial charge in [0, 0.05) is 24.7 Å². The molecule has 1 aromatic carbocycles. The third-order valence-corrected chi connectivity index (χ3v) is 3.47. The van der Waals surface area contributed by atoms with E-state index >= 15 is 0 Å². The summed E-state index contributed by atoms with van der Waals surface area (Å²) in [6, 6.07) is 4.98. The number of aldehydes is 1. The van der Waals surface area contributed by atoms with Gasteiger partial charge in [-0.2, -0.15) is 0 Å². The van der Waals surface area contributed by atoms with Crippen LogP contribution >= 0.6 is 24.0 Å². The summed E-state index contributed by atoms with van der Waals surface area (Å²) in [6.07, 6.45) is 0.737. The normalized spacial score (nSPS) is 15.1. The summed E-state index contributed by atoms with van der Waals surface area (Å²) in [7, 11) is 0. The molecule has 0 amide bonds. The Morgan fingerprint density at radius 3 is 2.73 bits per heavy atom. The molecule has 124 valence electrons. The Morgan fingerprint density at radius 1 is 1.23 bits per heavy atom. The first kappa shape index (κ1) is 19.2. The molecule has 0 spiro atoms. The smallest absolute Gasteiger partial charge is 0.153 e. The van der Waals surface area contributed by atoms with Gasteiger partial charge in [0.15, 0.2) is 6.29 Å². The van der Waals surface area contributed by atoms with E-state index in [1.54, 1.807) is 18.2 Å². The summed E-state index contributed by atoms with van der Waals surface area (Å²) in [5, 5.41) is 0.520. The van der Waals surface area contributed by atoms with E-state index in [-0.39, 0.29) is 12.4 Å². The first-order valence-corrected chi connectivity index (χ1v) is 7.43. The highest BCUT2D eigenvalue weighted by Crippen LogP contribution is 2.21. The van der Waals surface area contributed by atoms with E-state index in [2.05, 4.69) is 4.90 Å². The van der Waals surface area contributed by atoms with Gasteiger partial charge in [0.1, 0.15) is 12.4 Å². The van der Waals surface area contributed by atoms with Crippen molar-refractivity contribution in [1.29, 1.82) is 0 Å². The van der Waals surface area contributed by atoms with Gasteiger partial charge in [-0.1, -0.05) is 11.6 Å². The molecule has 0 aromatic heterocycles. The molecule has 0 N–H and O–H groups in total. The van der Waals surface area contributed by atoms with E-state index in [1.807, 2.05) is 0 Å². The fourth-order valence-electron chi connectivity index (χ4n) is 2.07. The SMILES string of the molecule is Cl.O=Cc1cc(Cl)ccc1OCCOCCN1CCOCC1. The molecule has 1 heterocycles. The number of ether oxygens (including phenoxy) is 3. The van der Waals surface area contributed by atoms with Crippen LogP contribution < -0.4 is 4.74 Å². The van der Waals surface area contributed by atoms with E-state index in [1.165, 1.54) is 0 Å². The molecule has 5 nitrogen and oxygen atoms in total. The molecular weight excluding hydrogens is 329 g/mol. The lowest BCUT2D eigenvalue weighted by molar-refractivity contribution is 0.0170. The Labute approximate surface area is 141 Å². The third kappa shape index (κ3) is 6.50. The number of hydrogen-bond donors (Lipinski definition) is 0. The molecule has 1 aliphatic rings. The van der Waals surface area contributed by atoms with Crippen LogP contribution in [0, 0.1) is 0 Å². The summed E-state index contributed by atoms with van der Waals surface area (Å²) in [5.41, 5.74) is 0.454. The van der Waals surface area contributed by atoms with Crippen molar-refractivity contribution in [2.45, 2.75) is 0 Å². The molecule has 0 bridgehead atoms. The van der Waals surface area contributed by atoms with Gasteiger partial charge in [0.2, 0.25) is 0 Å². The Balaban J connectivity index is 0.00000242. The largest absolute Gasteiger partial charge is 0.490 e. The van der Waals surface area contributed by atoms with Crippen LogP contribution in [-0.4, -0.2) is 63.9 Å². The van der Waals surface area contributed by atoms with Gasteiger partial charge in [-0.3, -0.25) is 9.69 Å².